The highest BCUT2D eigenvalue weighted by Crippen LogP contribution is 2.21. The lowest BCUT2D eigenvalue weighted by molar-refractivity contribution is -0.130. The summed E-state index contributed by atoms with van der Waals surface area (Å²) in [7, 11) is 0. The van der Waals surface area contributed by atoms with E-state index in [1.54, 1.807) is 4.90 Å². The molecule has 0 aromatic rings. The van der Waals surface area contributed by atoms with Crippen LogP contribution in [-0.4, -0.2) is 34.8 Å². The Morgan fingerprint density at radius 3 is 2.53 bits per heavy atom. The summed E-state index contributed by atoms with van der Waals surface area (Å²) in [6.45, 7) is 10.6. The Balaban J connectivity index is 2.59. The average Bonchev–Trinajstić information content (AvgIpc) is 2.60. The number of carbonyl (C=O) groups excluding carboxylic acids is 2. The summed E-state index contributed by atoms with van der Waals surface area (Å²) in [6, 6.07) is 0.180. The molecule has 0 aliphatic carbocycles. The summed E-state index contributed by atoms with van der Waals surface area (Å²) in [6.07, 6.45) is 1.23. The van der Waals surface area contributed by atoms with Gasteiger partial charge in [0.25, 0.3) is 0 Å². The van der Waals surface area contributed by atoms with Crippen molar-refractivity contribution in [3.8, 4) is 0 Å². The van der Waals surface area contributed by atoms with Gasteiger partial charge in [0.05, 0.1) is 5.92 Å². The van der Waals surface area contributed by atoms with Crippen LogP contribution < -0.4 is 5.32 Å². The predicted octanol–water partition coefficient (Wildman–Crippen LogP) is 1.55. The fraction of sp³-hybridized carbons (Fsp3) is 0.846. The van der Waals surface area contributed by atoms with Crippen molar-refractivity contribution in [2.75, 3.05) is 6.54 Å². The molecule has 0 unspecified atom stereocenters. The zero-order valence-electron chi connectivity index (χ0n) is 11.5. The fourth-order valence-corrected chi connectivity index (χ4v) is 1.93. The van der Waals surface area contributed by atoms with Gasteiger partial charge in [0.15, 0.2) is 0 Å². The molecule has 98 valence electrons. The van der Waals surface area contributed by atoms with Gasteiger partial charge in [0.1, 0.15) is 0 Å². The first-order valence-electron chi connectivity index (χ1n) is 6.38. The largest absolute Gasteiger partial charge is 0.351 e. The Bertz CT molecular complexity index is 311. The molecule has 1 aliphatic heterocycles. The first-order chi connectivity index (χ1) is 7.76. The van der Waals surface area contributed by atoms with Crippen molar-refractivity contribution in [3.05, 3.63) is 0 Å². The van der Waals surface area contributed by atoms with E-state index in [-0.39, 0.29) is 29.3 Å². The molecule has 1 heterocycles. The molecule has 1 atom stereocenters. The van der Waals surface area contributed by atoms with E-state index < -0.39 is 0 Å². The number of rotatable bonds is 4. The van der Waals surface area contributed by atoms with Crippen LogP contribution in [0.25, 0.3) is 0 Å². The molecule has 2 amide bonds. The van der Waals surface area contributed by atoms with Crippen LogP contribution in [-0.2, 0) is 9.59 Å². The van der Waals surface area contributed by atoms with Crippen LogP contribution in [0.3, 0.4) is 0 Å². The van der Waals surface area contributed by atoms with Crippen molar-refractivity contribution in [3.63, 3.8) is 0 Å². The average molecular weight is 240 g/mol. The highest BCUT2D eigenvalue weighted by atomic mass is 16.2. The van der Waals surface area contributed by atoms with Crippen molar-refractivity contribution >= 4 is 11.8 Å². The molecule has 1 saturated heterocycles. The molecule has 1 aliphatic rings. The lowest BCUT2D eigenvalue weighted by Gasteiger charge is -2.26. The zero-order valence-corrected chi connectivity index (χ0v) is 11.5. The highest BCUT2D eigenvalue weighted by molar-refractivity contribution is 5.89. The third-order valence-electron chi connectivity index (χ3n) is 3.50. The Morgan fingerprint density at radius 1 is 1.53 bits per heavy atom. The van der Waals surface area contributed by atoms with E-state index in [0.29, 0.717) is 13.0 Å². The molecule has 0 bridgehead atoms. The highest BCUT2D eigenvalue weighted by Gasteiger charge is 2.36. The van der Waals surface area contributed by atoms with Gasteiger partial charge in [-0.2, -0.15) is 0 Å². The van der Waals surface area contributed by atoms with Crippen LogP contribution in [0.15, 0.2) is 0 Å². The number of likely N-dealkylation sites (tertiary alicyclic amines) is 1. The number of hydrogen-bond acceptors (Lipinski definition) is 2. The maximum Gasteiger partial charge on any atom is 0.225 e. The lowest BCUT2D eigenvalue weighted by atomic mass is 9.99. The fourth-order valence-electron chi connectivity index (χ4n) is 1.93. The number of hydrogen-bond donors (Lipinski definition) is 1. The molecule has 1 N–H and O–H groups in total. The van der Waals surface area contributed by atoms with Crippen LogP contribution in [0.1, 0.15) is 47.5 Å². The molecule has 17 heavy (non-hydrogen) atoms. The van der Waals surface area contributed by atoms with Gasteiger partial charge in [-0.15, -0.1) is 0 Å². The number of amides is 2. The van der Waals surface area contributed by atoms with E-state index in [1.165, 1.54) is 0 Å². The normalized spacial score (nSPS) is 21.2. The standard InChI is InChI=1S/C13H24N2O2/c1-6-13(4,5)14-12(17)10-7-11(16)15(8-10)9(2)3/h9-10H,6-8H2,1-5H3,(H,14,17)/t10-/m1/s1. The third kappa shape index (κ3) is 3.45. The van der Waals surface area contributed by atoms with Crippen molar-refractivity contribution in [2.45, 2.75) is 59.0 Å². The molecule has 0 aromatic heterocycles. The molecular weight excluding hydrogens is 216 g/mol. The first-order valence-corrected chi connectivity index (χ1v) is 6.38. The minimum absolute atomic E-state index is 0.00773. The van der Waals surface area contributed by atoms with Crippen LogP contribution in [0.4, 0.5) is 0 Å². The van der Waals surface area contributed by atoms with Gasteiger partial charge in [-0.05, 0) is 34.1 Å². The molecule has 0 spiro atoms. The van der Waals surface area contributed by atoms with Crippen molar-refractivity contribution < 1.29 is 9.59 Å². The quantitative estimate of drug-likeness (QED) is 0.810. The summed E-state index contributed by atoms with van der Waals surface area (Å²) >= 11 is 0. The minimum Gasteiger partial charge on any atom is -0.351 e. The van der Waals surface area contributed by atoms with Gasteiger partial charge in [0.2, 0.25) is 11.8 Å². The second-order valence-electron chi connectivity index (χ2n) is 5.77. The van der Waals surface area contributed by atoms with Gasteiger partial charge in [-0.25, -0.2) is 0 Å². The monoisotopic (exact) mass is 240 g/mol. The summed E-state index contributed by atoms with van der Waals surface area (Å²) in [5.74, 6) is -0.0847. The van der Waals surface area contributed by atoms with Gasteiger partial charge in [0, 0.05) is 24.5 Å². The van der Waals surface area contributed by atoms with Gasteiger partial charge in [-0.3, -0.25) is 9.59 Å². The third-order valence-corrected chi connectivity index (χ3v) is 3.50. The zero-order chi connectivity index (χ0) is 13.2. The Morgan fingerprint density at radius 2 is 2.12 bits per heavy atom. The Kier molecular flexibility index (Phi) is 4.17. The van der Waals surface area contributed by atoms with E-state index in [9.17, 15) is 9.59 Å². The maximum atomic E-state index is 12.0. The van der Waals surface area contributed by atoms with Crippen molar-refractivity contribution in [2.24, 2.45) is 5.92 Å². The van der Waals surface area contributed by atoms with Crippen LogP contribution in [0.2, 0.25) is 0 Å². The maximum absolute atomic E-state index is 12.0. The molecule has 4 nitrogen and oxygen atoms in total. The molecular formula is C13H24N2O2. The van der Waals surface area contributed by atoms with Crippen molar-refractivity contribution in [1.29, 1.82) is 0 Å². The Hall–Kier alpha value is -1.06. The van der Waals surface area contributed by atoms with E-state index in [1.807, 2.05) is 34.6 Å². The van der Waals surface area contributed by atoms with Gasteiger partial charge < -0.3 is 10.2 Å². The SMILES string of the molecule is CCC(C)(C)NC(=O)[C@@H]1CC(=O)N(C(C)C)C1. The summed E-state index contributed by atoms with van der Waals surface area (Å²) in [5.41, 5.74) is -0.189. The van der Waals surface area contributed by atoms with E-state index >= 15 is 0 Å². The topological polar surface area (TPSA) is 49.4 Å². The first kappa shape index (κ1) is 14.0. The van der Waals surface area contributed by atoms with E-state index in [4.69, 9.17) is 0 Å². The summed E-state index contributed by atoms with van der Waals surface area (Å²) in [4.78, 5) is 25.5. The van der Waals surface area contributed by atoms with Crippen LogP contribution in [0, 0.1) is 5.92 Å². The van der Waals surface area contributed by atoms with E-state index in [2.05, 4.69) is 5.32 Å². The molecule has 0 aromatic carbocycles. The molecule has 1 rings (SSSR count). The second-order valence-corrected chi connectivity index (χ2v) is 5.77. The van der Waals surface area contributed by atoms with Crippen LogP contribution in [0.5, 0.6) is 0 Å². The van der Waals surface area contributed by atoms with Crippen LogP contribution >= 0.6 is 0 Å². The molecule has 1 fully saturated rings. The number of carbonyl (C=O) groups is 2. The lowest BCUT2D eigenvalue weighted by Crippen LogP contribution is -2.46. The molecule has 0 saturated carbocycles. The number of nitrogens with zero attached hydrogens (tertiary/aromatic N) is 1. The molecule has 4 heteroatoms. The van der Waals surface area contributed by atoms with Gasteiger partial charge in [-0.1, -0.05) is 6.92 Å². The smallest absolute Gasteiger partial charge is 0.225 e. The Labute approximate surface area is 104 Å². The molecule has 0 radical (unpaired) electrons. The predicted molar refractivity (Wildman–Crippen MR) is 67.5 cm³/mol. The van der Waals surface area contributed by atoms with Crippen molar-refractivity contribution in [1.82, 2.24) is 10.2 Å². The van der Waals surface area contributed by atoms with Gasteiger partial charge >= 0.3 is 0 Å². The summed E-state index contributed by atoms with van der Waals surface area (Å²) in [5, 5.41) is 3.01. The summed E-state index contributed by atoms with van der Waals surface area (Å²) < 4.78 is 0. The second kappa shape index (κ2) is 5.07. The minimum atomic E-state index is -0.189. The van der Waals surface area contributed by atoms with E-state index in [0.717, 1.165) is 6.42 Å². The number of nitrogens with one attached hydrogen (secondary N) is 1.